The molecule has 1 aromatic heterocycles. The third-order valence-corrected chi connectivity index (χ3v) is 2.36. The zero-order valence-electron chi connectivity index (χ0n) is 8.29. The quantitative estimate of drug-likeness (QED) is 0.765. The average Bonchev–Trinajstić information content (AvgIpc) is 2.58. The molecule has 14 heavy (non-hydrogen) atoms. The highest BCUT2D eigenvalue weighted by Crippen LogP contribution is 2.31. The van der Waals surface area contributed by atoms with Gasteiger partial charge in [-0.15, -0.1) is 0 Å². The van der Waals surface area contributed by atoms with E-state index >= 15 is 0 Å². The van der Waals surface area contributed by atoms with E-state index < -0.39 is 0 Å². The number of H-pyrrole nitrogens is 1. The van der Waals surface area contributed by atoms with Gasteiger partial charge in [-0.1, -0.05) is 6.92 Å². The highest BCUT2D eigenvalue weighted by molar-refractivity contribution is 5.84. The Morgan fingerprint density at radius 2 is 2.14 bits per heavy atom. The normalized spacial score (nSPS) is 10.7. The van der Waals surface area contributed by atoms with Crippen LogP contribution in [0.15, 0.2) is 18.2 Å². The summed E-state index contributed by atoms with van der Waals surface area (Å²) in [4.78, 5) is 3.26. The standard InChI is InChI=1S/C11H13NO2/c1-3-8-4-7-5-10(13)11(14-2)6-9(7)12-8/h4-6,12-13H,3H2,1-2H3. The largest absolute Gasteiger partial charge is 0.504 e. The molecule has 2 N–H and O–H groups in total. The van der Waals surface area contributed by atoms with Crippen LogP contribution in [0.3, 0.4) is 0 Å². The van der Waals surface area contributed by atoms with Crippen molar-refractivity contribution in [2.24, 2.45) is 0 Å². The van der Waals surface area contributed by atoms with Crippen molar-refractivity contribution >= 4 is 10.9 Å². The number of phenols is 1. The molecule has 0 fully saturated rings. The highest BCUT2D eigenvalue weighted by atomic mass is 16.5. The number of ether oxygens (including phenoxy) is 1. The second-order valence-electron chi connectivity index (χ2n) is 3.26. The summed E-state index contributed by atoms with van der Waals surface area (Å²) in [5.74, 6) is 0.684. The molecule has 0 bridgehead atoms. The minimum atomic E-state index is 0.182. The van der Waals surface area contributed by atoms with E-state index in [0.29, 0.717) is 5.75 Å². The molecule has 1 heterocycles. The van der Waals surface area contributed by atoms with Crippen molar-refractivity contribution in [2.45, 2.75) is 13.3 Å². The third kappa shape index (κ3) is 1.31. The van der Waals surface area contributed by atoms with E-state index in [2.05, 4.69) is 11.9 Å². The van der Waals surface area contributed by atoms with Crippen LogP contribution < -0.4 is 4.74 Å². The van der Waals surface area contributed by atoms with E-state index in [1.54, 1.807) is 13.2 Å². The lowest BCUT2D eigenvalue weighted by molar-refractivity contribution is 0.374. The summed E-state index contributed by atoms with van der Waals surface area (Å²) in [6.07, 6.45) is 0.956. The average molecular weight is 191 g/mol. The van der Waals surface area contributed by atoms with Gasteiger partial charge in [0.05, 0.1) is 7.11 Å². The number of aromatic amines is 1. The van der Waals surface area contributed by atoms with Gasteiger partial charge in [0.25, 0.3) is 0 Å². The van der Waals surface area contributed by atoms with Gasteiger partial charge in [-0.25, -0.2) is 0 Å². The van der Waals surface area contributed by atoms with E-state index in [-0.39, 0.29) is 5.75 Å². The Labute approximate surface area is 82.3 Å². The van der Waals surface area contributed by atoms with E-state index in [4.69, 9.17) is 4.74 Å². The number of aromatic hydroxyl groups is 1. The van der Waals surface area contributed by atoms with Gasteiger partial charge in [0.15, 0.2) is 11.5 Å². The Morgan fingerprint density at radius 3 is 2.79 bits per heavy atom. The molecule has 0 spiro atoms. The van der Waals surface area contributed by atoms with Crippen LogP contribution in [0.5, 0.6) is 11.5 Å². The molecule has 1 aromatic carbocycles. The van der Waals surface area contributed by atoms with Crippen molar-refractivity contribution in [1.82, 2.24) is 4.98 Å². The van der Waals surface area contributed by atoms with Crippen molar-refractivity contribution in [1.29, 1.82) is 0 Å². The number of methoxy groups -OCH3 is 1. The molecular formula is C11H13NO2. The van der Waals surface area contributed by atoms with Crippen molar-refractivity contribution < 1.29 is 9.84 Å². The fourth-order valence-electron chi connectivity index (χ4n) is 1.56. The zero-order chi connectivity index (χ0) is 10.1. The molecule has 74 valence electrons. The highest BCUT2D eigenvalue weighted by Gasteiger charge is 2.05. The van der Waals surface area contributed by atoms with Gasteiger partial charge in [-0.3, -0.25) is 0 Å². The summed E-state index contributed by atoms with van der Waals surface area (Å²) < 4.78 is 5.03. The minimum absolute atomic E-state index is 0.182. The smallest absolute Gasteiger partial charge is 0.162 e. The Hall–Kier alpha value is -1.64. The van der Waals surface area contributed by atoms with Crippen LogP contribution in [-0.4, -0.2) is 17.2 Å². The van der Waals surface area contributed by atoms with Crippen molar-refractivity contribution in [3.05, 3.63) is 23.9 Å². The maximum absolute atomic E-state index is 9.55. The number of phenolic OH excluding ortho intramolecular Hbond substituents is 1. The second-order valence-corrected chi connectivity index (χ2v) is 3.26. The first-order valence-electron chi connectivity index (χ1n) is 4.63. The lowest BCUT2D eigenvalue weighted by Gasteiger charge is -2.02. The van der Waals surface area contributed by atoms with E-state index in [1.165, 1.54) is 0 Å². The van der Waals surface area contributed by atoms with Gasteiger partial charge in [0, 0.05) is 22.7 Å². The van der Waals surface area contributed by atoms with Crippen LogP contribution in [0, 0.1) is 0 Å². The predicted molar refractivity (Wildman–Crippen MR) is 55.9 cm³/mol. The monoisotopic (exact) mass is 191 g/mol. The number of rotatable bonds is 2. The molecule has 2 rings (SSSR count). The SMILES string of the molecule is CCc1cc2cc(O)c(OC)cc2[nH]1. The molecule has 0 atom stereocenters. The van der Waals surface area contributed by atoms with Gasteiger partial charge in [-0.2, -0.15) is 0 Å². The maximum Gasteiger partial charge on any atom is 0.162 e. The van der Waals surface area contributed by atoms with E-state index in [0.717, 1.165) is 23.0 Å². The van der Waals surface area contributed by atoms with Gasteiger partial charge in [-0.05, 0) is 18.6 Å². The molecule has 2 aromatic rings. The number of hydrogen-bond donors (Lipinski definition) is 2. The summed E-state index contributed by atoms with van der Waals surface area (Å²) in [6, 6.07) is 5.56. The van der Waals surface area contributed by atoms with Crippen molar-refractivity contribution in [3.8, 4) is 11.5 Å². The molecule has 0 aliphatic rings. The Kier molecular flexibility index (Phi) is 2.08. The van der Waals surface area contributed by atoms with Crippen LogP contribution in [0.25, 0.3) is 10.9 Å². The molecule has 0 saturated carbocycles. The number of aromatic nitrogens is 1. The number of nitrogens with one attached hydrogen (secondary N) is 1. The first-order valence-corrected chi connectivity index (χ1v) is 4.63. The summed E-state index contributed by atoms with van der Waals surface area (Å²) >= 11 is 0. The lowest BCUT2D eigenvalue weighted by Crippen LogP contribution is -1.83. The molecule has 0 unspecified atom stereocenters. The molecule has 0 saturated heterocycles. The van der Waals surface area contributed by atoms with Crippen LogP contribution in [0.1, 0.15) is 12.6 Å². The van der Waals surface area contributed by atoms with Gasteiger partial charge in [0.1, 0.15) is 0 Å². The first kappa shape index (κ1) is 8.94. The van der Waals surface area contributed by atoms with Crippen molar-refractivity contribution in [3.63, 3.8) is 0 Å². The number of aryl methyl sites for hydroxylation is 1. The number of fused-ring (bicyclic) bond motifs is 1. The Morgan fingerprint density at radius 1 is 1.36 bits per heavy atom. The summed E-state index contributed by atoms with van der Waals surface area (Å²) in [7, 11) is 1.55. The topological polar surface area (TPSA) is 45.2 Å². The van der Waals surface area contributed by atoms with Crippen LogP contribution in [0.4, 0.5) is 0 Å². The summed E-state index contributed by atoms with van der Waals surface area (Å²) in [5, 5.41) is 10.6. The zero-order valence-corrected chi connectivity index (χ0v) is 8.29. The van der Waals surface area contributed by atoms with E-state index in [9.17, 15) is 5.11 Å². The third-order valence-electron chi connectivity index (χ3n) is 2.36. The fraction of sp³-hybridized carbons (Fsp3) is 0.273. The lowest BCUT2D eigenvalue weighted by atomic mass is 10.2. The molecule has 0 aliphatic carbocycles. The Bertz CT molecular complexity index is 460. The van der Waals surface area contributed by atoms with Gasteiger partial charge < -0.3 is 14.8 Å². The number of benzene rings is 1. The van der Waals surface area contributed by atoms with Crippen molar-refractivity contribution in [2.75, 3.05) is 7.11 Å². The minimum Gasteiger partial charge on any atom is -0.504 e. The van der Waals surface area contributed by atoms with Crippen LogP contribution in [-0.2, 0) is 6.42 Å². The molecular weight excluding hydrogens is 178 g/mol. The fourth-order valence-corrected chi connectivity index (χ4v) is 1.56. The maximum atomic E-state index is 9.55. The Balaban J connectivity index is 2.64. The van der Waals surface area contributed by atoms with Gasteiger partial charge in [0.2, 0.25) is 0 Å². The molecule has 0 radical (unpaired) electrons. The first-order chi connectivity index (χ1) is 6.74. The number of hydrogen-bond acceptors (Lipinski definition) is 2. The summed E-state index contributed by atoms with van der Waals surface area (Å²) in [6.45, 7) is 2.09. The second kappa shape index (κ2) is 3.25. The molecule has 3 heteroatoms. The molecule has 0 amide bonds. The van der Waals surface area contributed by atoms with E-state index in [1.807, 2.05) is 12.1 Å². The summed E-state index contributed by atoms with van der Waals surface area (Å²) in [5.41, 5.74) is 2.16. The molecule has 0 aliphatic heterocycles. The van der Waals surface area contributed by atoms with Gasteiger partial charge >= 0.3 is 0 Å². The van der Waals surface area contributed by atoms with Crippen LogP contribution in [0.2, 0.25) is 0 Å². The predicted octanol–water partition coefficient (Wildman–Crippen LogP) is 2.44. The molecule has 3 nitrogen and oxygen atoms in total. The van der Waals surface area contributed by atoms with Crippen LogP contribution >= 0.6 is 0 Å².